The molecule has 1 aromatic carbocycles. The third-order valence-electron chi connectivity index (χ3n) is 4.31. The van der Waals surface area contributed by atoms with Crippen LogP contribution in [0.2, 0.25) is 0 Å². The lowest BCUT2D eigenvalue weighted by Gasteiger charge is -2.20. The minimum absolute atomic E-state index is 0.0466. The summed E-state index contributed by atoms with van der Waals surface area (Å²) in [5.41, 5.74) is 5.16. The highest BCUT2D eigenvalue weighted by molar-refractivity contribution is 5.64. The molecule has 0 atom stereocenters. The van der Waals surface area contributed by atoms with Crippen LogP contribution >= 0.6 is 0 Å². The van der Waals surface area contributed by atoms with Crippen LogP contribution in [0.3, 0.4) is 0 Å². The fraction of sp³-hybridized carbons (Fsp3) is 0.526. The third kappa shape index (κ3) is 3.58. The van der Waals surface area contributed by atoms with E-state index in [1.54, 1.807) is 0 Å². The van der Waals surface area contributed by atoms with Crippen molar-refractivity contribution in [1.29, 1.82) is 0 Å². The summed E-state index contributed by atoms with van der Waals surface area (Å²) in [5.74, 6) is 1.04. The largest absolute Gasteiger partial charge is 0.342 e. The van der Waals surface area contributed by atoms with Crippen LogP contribution in [-0.4, -0.2) is 28.0 Å². The highest BCUT2D eigenvalue weighted by atomic mass is 15.1. The van der Waals surface area contributed by atoms with Crippen molar-refractivity contribution >= 4 is 0 Å². The zero-order chi connectivity index (χ0) is 16.3. The van der Waals surface area contributed by atoms with Gasteiger partial charge in [0.15, 0.2) is 0 Å². The maximum atomic E-state index is 4.56. The summed E-state index contributed by atoms with van der Waals surface area (Å²) in [6, 6.07) is 6.57. The molecule has 0 spiro atoms. The summed E-state index contributed by atoms with van der Waals surface area (Å²) in [6.45, 7) is 16.4. The molecule has 1 N–H and O–H groups in total. The molecule has 0 amide bonds. The number of hydrogen-bond acceptors (Lipinski definition) is 2. The Morgan fingerprint density at radius 1 is 1.14 bits per heavy atom. The van der Waals surface area contributed by atoms with Crippen molar-refractivity contribution in [3.05, 3.63) is 41.3 Å². The fourth-order valence-corrected chi connectivity index (χ4v) is 2.67. The molecule has 22 heavy (non-hydrogen) atoms. The van der Waals surface area contributed by atoms with Gasteiger partial charge < -0.3 is 4.98 Å². The molecule has 0 radical (unpaired) electrons. The second-order valence-corrected chi connectivity index (χ2v) is 6.95. The number of aromatic amines is 1. The van der Waals surface area contributed by atoms with E-state index in [-0.39, 0.29) is 5.41 Å². The summed E-state index contributed by atoms with van der Waals surface area (Å²) in [7, 11) is 0. The van der Waals surface area contributed by atoms with Crippen LogP contribution in [0.1, 0.15) is 51.6 Å². The minimum Gasteiger partial charge on any atom is -0.342 e. The fourth-order valence-electron chi connectivity index (χ4n) is 2.67. The van der Waals surface area contributed by atoms with E-state index in [1.165, 1.54) is 16.7 Å². The maximum absolute atomic E-state index is 4.56. The third-order valence-corrected chi connectivity index (χ3v) is 4.31. The van der Waals surface area contributed by atoms with Crippen molar-refractivity contribution in [2.75, 3.05) is 13.1 Å². The summed E-state index contributed by atoms with van der Waals surface area (Å²) in [6.07, 6.45) is 1.96. The highest BCUT2D eigenvalue weighted by Crippen LogP contribution is 2.27. The topological polar surface area (TPSA) is 31.9 Å². The Labute approximate surface area is 134 Å². The number of benzene rings is 1. The van der Waals surface area contributed by atoms with Gasteiger partial charge in [-0.1, -0.05) is 52.8 Å². The van der Waals surface area contributed by atoms with Crippen LogP contribution in [0.25, 0.3) is 11.3 Å². The summed E-state index contributed by atoms with van der Waals surface area (Å²) in [5, 5.41) is 0. The summed E-state index contributed by atoms with van der Waals surface area (Å²) < 4.78 is 0. The van der Waals surface area contributed by atoms with Crippen LogP contribution < -0.4 is 0 Å². The van der Waals surface area contributed by atoms with Crippen molar-refractivity contribution in [2.24, 2.45) is 0 Å². The van der Waals surface area contributed by atoms with Gasteiger partial charge in [-0.05, 0) is 31.1 Å². The van der Waals surface area contributed by atoms with Crippen molar-refractivity contribution < 1.29 is 0 Å². The molecule has 3 heteroatoms. The first kappa shape index (κ1) is 16.8. The smallest absolute Gasteiger partial charge is 0.111 e. The normalized spacial score (nSPS) is 12.1. The average molecular weight is 299 g/mol. The minimum atomic E-state index is 0.0466. The first-order valence-corrected chi connectivity index (χ1v) is 8.23. The molecule has 0 fully saturated rings. The Hall–Kier alpha value is -1.61. The van der Waals surface area contributed by atoms with Gasteiger partial charge in [-0.3, -0.25) is 4.90 Å². The lowest BCUT2D eigenvalue weighted by Crippen LogP contribution is -2.22. The second kappa shape index (κ2) is 6.66. The number of hydrogen-bond donors (Lipinski definition) is 1. The number of nitrogens with one attached hydrogen (secondary N) is 1. The van der Waals surface area contributed by atoms with Crippen molar-refractivity contribution in [2.45, 2.75) is 53.5 Å². The monoisotopic (exact) mass is 299 g/mol. The number of rotatable bonds is 5. The Balaban J connectivity index is 2.34. The second-order valence-electron chi connectivity index (χ2n) is 6.95. The van der Waals surface area contributed by atoms with E-state index in [4.69, 9.17) is 0 Å². The Morgan fingerprint density at radius 3 is 2.36 bits per heavy atom. The van der Waals surface area contributed by atoms with Gasteiger partial charge in [-0.2, -0.15) is 0 Å². The van der Waals surface area contributed by atoms with Crippen LogP contribution in [0, 0.1) is 6.92 Å². The lowest BCUT2D eigenvalue weighted by atomic mass is 9.96. The van der Waals surface area contributed by atoms with Gasteiger partial charge in [-0.25, -0.2) is 4.98 Å². The number of H-pyrrole nitrogens is 1. The van der Waals surface area contributed by atoms with Gasteiger partial charge in [0.25, 0.3) is 0 Å². The molecule has 0 aliphatic carbocycles. The Bertz CT molecular complexity index is 616. The summed E-state index contributed by atoms with van der Waals surface area (Å²) >= 11 is 0. The van der Waals surface area contributed by atoms with Crippen LogP contribution in [0.15, 0.2) is 24.4 Å². The standard InChI is InChI=1S/C19H29N3/c1-7-22(8-2)13-15-10-9-11-16(14(15)3)17-12-20-18(21-17)19(4,5)6/h9-12H,7-8,13H2,1-6H3,(H,20,21). The molecule has 2 rings (SSSR count). The zero-order valence-corrected chi connectivity index (χ0v) is 14.8. The van der Waals surface area contributed by atoms with Crippen LogP contribution in [0.4, 0.5) is 0 Å². The lowest BCUT2D eigenvalue weighted by molar-refractivity contribution is 0.295. The Morgan fingerprint density at radius 2 is 1.82 bits per heavy atom. The number of imidazole rings is 1. The van der Waals surface area contributed by atoms with E-state index in [0.717, 1.165) is 31.2 Å². The molecule has 120 valence electrons. The first-order valence-electron chi connectivity index (χ1n) is 8.23. The van der Waals surface area contributed by atoms with Crippen molar-refractivity contribution in [3.63, 3.8) is 0 Å². The molecule has 0 aliphatic rings. The maximum Gasteiger partial charge on any atom is 0.111 e. The van der Waals surface area contributed by atoms with Crippen LogP contribution in [0.5, 0.6) is 0 Å². The van der Waals surface area contributed by atoms with E-state index in [0.29, 0.717) is 0 Å². The molecule has 0 aliphatic heterocycles. The Kier molecular flexibility index (Phi) is 5.07. The van der Waals surface area contributed by atoms with Crippen molar-refractivity contribution in [1.82, 2.24) is 14.9 Å². The molecule has 0 bridgehead atoms. The predicted octanol–water partition coefficient (Wildman–Crippen LogP) is 4.52. The zero-order valence-electron chi connectivity index (χ0n) is 14.8. The van der Waals surface area contributed by atoms with E-state index in [1.807, 2.05) is 6.20 Å². The van der Waals surface area contributed by atoms with Gasteiger partial charge in [-0.15, -0.1) is 0 Å². The molecule has 3 nitrogen and oxygen atoms in total. The highest BCUT2D eigenvalue weighted by Gasteiger charge is 2.18. The van der Waals surface area contributed by atoms with E-state index >= 15 is 0 Å². The van der Waals surface area contributed by atoms with Gasteiger partial charge in [0.1, 0.15) is 5.82 Å². The van der Waals surface area contributed by atoms with Gasteiger partial charge in [0.05, 0.1) is 11.9 Å². The summed E-state index contributed by atoms with van der Waals surface area (Å²) in [4.78, 5) is 10.5. The van der Waals surface area contributed by atoms with Crippen molar-refractivity contribution in [3.8, 4) is 11.3 Å². The molecular formula is C19H29N3. The molecule has 0 saturated heterocycles. The average Bonchev–Trinajstić information content (AvgIpc) is 2.96. The molecule has 1 aromatic heterocycles. The quantitative estimate of drug-likeness (QED) is 0.880. The molecule has 0 saturated carbocycles. The predicted molar refractivity (Wildman–Crippen MR) is 94.1 cm³/mol. The van der Waals surface area contributed by atoms with E-state index < -0.39 is 0 Å². The van der Waals surface area contributed by atoms with E-state index in [2.05, 4.69) is 74.6 Å². The molecule has 1 heterocycles. The first-order chi connectivity index (χ1) is 10.4. The van der Waals surface area contributed by atoms with E-state index in [9.17, 15) is 0 Å². The molecular weight excluding hydrogens is 270 g/mol. The SMILES string of the molecule is CCN(CC)Cc1cccc(-c2cnc(C(C)(C)C)[nH]2)c1C. The van der Waals surface area contributed by atoms with Crippen LogP contribution in [-0.2, 0) is 12.0 Å². The number of aromatic nitrogens is 2. The van der Waals surface area contributed by atoms with Gasteiger partial charge in [0, 0.05) is 17.5 Å². The molecule has 2 aromatic rings. The molecule has 0 unspecified atom stereocenters. The number of nitrogens with zero attached hydrogens (tertiary/aromatic N) is 2. The van der Waals surface area contributed by atoms with Gasteiger partial charge in [0.2, 0.25) is 0 Å². The van der Waals surface area contributed by atoms with Gasteiger partial charge >= 0.3 is 0 Å².